The van der Waals surface area contributed by atoms with E-state index in [1.54, 1.807) is 0 Å². The Morgan fingerprint density at radius 3 is 2.43 bits per heavy atom. The number of phosphoric acid groups is 1. The molecular weight excluding hydrogens is 238 g/mol. The van der Waals surface area contributed by atoms with Gasteiger partial charge in [-0.3, -0.25) is 9.32 Å². The molecule has 0 saturated carbocycles. The summed E-state index contributed by atoms with van der Waals surface area (Å²) in [4.78, 5) is 27.1. The summed E-state index contributed by atoms with van der Waals surface area (Å²) in [5, 5.41) is 8.96. The van der Waals surface area contributed by atoms with Crippen LogP contribution in [-0.4, -0.2) is 84.8 Å². The molecule has 0 aromatic carbocycles. The van der Waals surface area contributed by atoms with Crippen molar-refractivity contribution in [3.05, 3.63) is 12.7 Å². The molecule has 0 aliphatic rings. The molecule has 0 aliphatic heterocycles. The van der Waals surface area contributed by atoms with E-state index in [2.05, 4.69) is 11.1 Å². The Hall–Kier alpha value is 1.12. The number of hydrogen-bond acceptors (Lipinski definition) is 4. The molecule has 1 atom stereocenters. The number of phosphoric ester groups is 1. The van der Waals surface area contributed by atoms with Crippen LogP contribution in [0.4, 0.5) is 0 Å². The molecule has 0 radical (unpaired) electrons. The molecule has 1 unspecified atom stereocenters. The first-order valence-corrected chi connectivity index (χ1v) is 4.94. The SMILES string of the molecule is C=CC(=O)C(O)CCOP(=O)(O)O.[KH]. The van der Waals surface area contributed by atoms with Crippen molar-refractivity contribution >= 4 is 65.0 Å². The average molecular weight is 250 g/mol. The van der Waals surface area contributed by atoms with Crippen molar-refractivity contribution in [1.82, 2.24) is 0 Å². The van der Waals surface area contributed by atoms with Gasteiger partial charge in [-0.1, -0.05) is 6.58 Å². The van der Waals surface area contributed by atoms with Crippen molar-refractivity contribution < 1.29 is 28.8 Å². The van der Waals surface area contributed by atoms with E-state index in [9.17, 15) is 9.36 Å². The zero-order valence-corrected chi connectivity index (χ0v) is 7.68. The molecule has 0 aromatic rings. The monoisotopic (exact) mass is 250 g/mol. The second kappa shape index (κ2) is 8.29. The number of carbonyl (C=O) groups excluding carboxylic acids is 1. The van der Waals surface area contributed by atoms with Crippen LogP contribution in [0.2, 0.25) is 0 Å². The zero-order chi connectivity index (χ0) is 10.5. The molecule has 0 saturated heterocycles. The third kappa shape index (κ3) is 9.66. The van der Waals surface area contributed by atoms with Gasteiger partial charge < -0.3 is 14.9 Å². The van der Waals surface area contributed by atoms with Gasteiger partial charge in [0.1, 0.15) is 6.10 Å². The van der Waals surface area contributed by atoms with Crippen LogP contribution in [-0.2, 0) is 13.9 Å². The molecule has 0 amide bonds. The van der Waals surface area contributed by atoms with E-state index in [0.717, 1.165) is 6.08 Å². The minimum absolute atomic E-state index is 0. The van der Waals surface area contributed by atoms with E-state index in [4.69, 9.17) is 14.9 Å². The summed E-state index contributed by atoms with van der Waals surface area (Å²) < 4.78 is 14.2. The summed E-state index contributed by atoms with van der Waals surface area (Å²) in [6, 6.07) is 0. The molecule has 6 nitrogen and oxygen atoms in total. The second-order valence-corrected chi connectivity index (χ2v) is 3.47. The Labute approximate surface area is 124 Å². The molecular formula is C6H12KO6P. The van der Waals surface area contributed by atoms with E-state index in [1.165, 1.54) is 0 Å². The molecule has 3 N–H and O–H groups in total. The first kappa shape index (κ1) is 17.5. The summed E-state index contributed by atoms with van der Waals surface area (Å²) in [6.07, 6.45) is -0.554. The van der Waals surface area contributed by atoms with Crippen molar-refractivity contribution in [3.63, 3.8) is 0 Å². The van der Waals surface area contributed by atoms with Gasteiger partial charge in [-0.15, -0.1) is 0 Å². The molecule has 0 bridgehead atoms. The van der Waals surface area contributed by atoms with Crippen LogP contribution in [0.5, 0.6) is 0 Å². The quantitative estimate of drug-likeness (QED) is 0.316. The van der Waals surface area contributed by atoms with Gasteiger partial charge in [0.25, 0.3) is 0 Å². The Morgan fingerprint density at radius 1 is 1.57 bits per heavy atom. The van der Waals surface area contributed by atoms with Crippen LogP contribution in [0.15, 0.2) is 12.7 Å². The van der Waals surface area contributed by atoms with Crippen LogP contribution in [0.1, 0.15) is 6.42 Å². The van der Waals surface area contributed by atoms with Crippen LogP contribution < -0.4 is 0 Å². The average Bonchev–Trinajstić information content (AvgIpc) is 2.00. The third-order valence-corrected chi connectivity index (χ3v) is 1.70. The Morgan fingerprint density at radius 2 is 2.07 bits per heavy atom. The number of carbonyl (C=O) groups is 1. The van der Waals surface area contributed by atoms with Crippen molar-refractivity contribution in [2.24, 2.45) is 0 Å². The Kier molecular flexibility index (Phi) is 10.4. The molecule has 0 aliphatic carbocycles. The Balaban J connectivity index is 0. The predicted octanol–water partition coefficient (Wildman–Crippen LogP) is -1.05. The fourth-order valence-electron chi connectivity index (χ4n) is 0.562. The van der Waals surface area contributed by atoms with Gasteiger partial charge >= 0.3 is 59.2 Å². The normalized spacial score (nSPS) is 12.8. The molecule has 0 aromatic heterocycles. The summed E-state index contributed by atoms with van der Waals surface area (Å²) in [5.74, 6) is -0.602. The van der Waals surface area contributed by atoms with E-state index in [1.807, 2.05) is 0 Å². The molecule has 0 fully saturated rings. The van der Waals surface area contributed by atoms with Gasteiger partial charge in [-0.05, 0) is 6.08 Å². The fraction of sp³-hybridized carbons (Fsp3) is 0.500. The van der Waals surface area contributed by atoms with Gasteiger partial charge in [0.05, 0.1) is 6.61 Å². The maximum atomic E-state index is 10.6. The van der Waals surface area contributed by atoms with E-state index in [0.29, 0.717) is 0 Å². The zero-order valence-electron chi connectivity index (χ0n) is 6.79. The number of ketones is 1. The van der Waals surface area contributed by atoms with Crippen molar-refractivity contribution in [2.45, 2.75) is 12.5 Å². The number of hydrogen-bond donors (Lipinski definition) is 3. The van der Waals surface area contributed by atoms with Gasteiger partial charge in [0.2, 0.25) is 0 Å². The maximum absolute atomic E-state index is 10.6. The second-order valence-electron chi connectivity index (χ2n) is 2.23. The van der Waals surface area contributed by atoms with Crippen LogP contribution in [0.3, 0.4) is 0 Å². The standard InChI is InChI=1S/C6H11O6P.K.H/c1-2-5(7)6(8)3-4-12-13(9,10)11;;/h2,6,8H,1,3-4H2,(H2,9,10,11);;. The summed E-state index contributed by atoms with van der Waals surface area (Å²) >= 11 is 0. The molecule has 0 heterocycles. The number of aliphatic hydroxyl groups excluding tert-OH is 1. The first-order chi connectivity index (χ1) is 5.87. The van der Waals surface area contributed by atoms with Gasteiger partial charge in [0, 0.05) is 6.42 Å². The summed E-state index contributed by atoms with van der Waals surface area (Å²) in [7, 11) is -4.51. The summed E-state index contributed by atoms with van der Waals surface area (Å²) in [5.41, 5.74) is 0. The molecule has 0 spiro atoms. The number of aliphatic hydroxyl groups is 1. The summed E-state index contributed by atoms with van der Waals surface area (Å²) in [6.45, 7) is 2.75. The van der Waals surface area contributed by atoms with Crippen molar-refractivity contribution in [1.29, 1.82) is 0 Å². The molecule has 0 rings (SSSR count). The minimum atomic E-state index is -4.51. The van der Waals surface area contributed by atoms with E-state index in [-0.39, 0.29) is 64.4 Å². The van der Waals surface area contributed by atoms with Crippen molar-refractivity contribution in [2.75, 3.05) is 6.61 Å². The predicted molar refractivity (Wildman–Crippen MR) is 51.0 cm³/mol. The van der Waals surface area contributed by atoms with Gasteiger partial charge in [-0.2, -0.15) is 0 Å². The number of rotatable bonds is 6. The van der Waals surface area contributed by atoms with E-state index < -0.39 is 19.7 Å². The fourth-order valence-corrected chi connectivity index (χ4v) is 0.905. The van der Waals surface area contributed by atoms with Gasteiger partial charge in [0.15, 0.2) is 5.78 Å². The molecule has 8 heteroatoms. The third-order valence-electron chi connectivity index (χ3n) is 1.18. The van der Waals surface area contributed by atoms with Gasteiger partial charge in [-0.25, -0.2) is 4.57 Å². The topological polar surface area (TPSA) is 104 Å². The molecule has 14 heavy (non-hydrogen) atoms. The van der Waals surface area contributed by atoms with Crippen LogP contribution >= 0.6 is 7.82 Å². The van der Waals surface area contributed by atoms with E-state index >= 15 is 0 Å². The first-order valence-electron chi connectivity index (χ1n) is 3.41. The molecule has 78 valence electrons. The van der Waals surface area contributed by atoms with Crippen molar-refractivity contribution in [3.8, 4) is 0 Å². The van der Waals surface area contributed by atoms with Crippen LogP contribution in [0.25, 0.3) is 0 Å². The van der Waals surface area contributed by atoms with Crippen LogP contribution in [0, 0.1) is 0 Å². The Bertz CT molecular complexity index is 236.